The van der Waals surface area contributed by atoms with Crippen LogP contribution in [0.15, 0.2) is 0 Å². The quantitative estimate of drug-likeness (QED) is 0.686. The van der Waals surface area contributed by atoms with Gasteiger partial charge in [0.25, 0.3) is 0 Å². The molecule has 0 aromatic carbocycles. The fourth-order valence-electron chi connectivity index (χ4n) is 2.11. The Morgan fingerprint density at radius 1 is 1.29 bits per heavy atom. The molecule has 0 amide bonds. The van der Waals surface area contributed by atoms with Crippen molar-refractivity contribution < 1.29 is 5.11 Å². The number of aliphatic hydroxyl groups is 1. The van der Waals surface area contributed by atoms with Gasteiger partial charge in [-0.3, -0.25) is 0 Å². The first-order chi connectivity index (χ1) is 6.83. The molecule has 84 valence electrons. The van der Waals surface area contributed by atoms with Crippen LogP contribution in [0.3, 0.4) is 0 Å². The van der Waals surface area contributed by atoms with E-state index in [-0.39, 0.29) is 6.10 Å². The van der Waals surface area contributed by atoms with Crippen LogP contribution >= 0.6 is 11.8 Å². The van der Waals surface area contributed by atoms with Crippen molar-refractivity contribution in [3.63, 3.8) is 0 Å². The molecule has 1 atom stereocenters. The molecule has 0 bridgehead atoms. The molecule has 0 spiro atoms. The van der Waals surface area contributed by atoms with Gasteiger partial charge in [-0.05, 0) is 43.1 Å². The molecule has 2 heteroatoms. The second-order valence-electron chi connectivity index (χ2n) is 4.44. The SMILES string of the molecule is CCCCCC(O)CC1CCSCC1. The summed E-state index contributed by atoms with van der Waals surface area (Å²) in [6.07, 6.45) is 8.46. The first-order valence-corrected chi connectivity index (χ1v) is 7.24. The lowest BCUT2D eigenvalue weighted by Gasteiger charge is -2.23. The van der Waals surface area contributed by atoms with Crippen molar-refractivity contribution in [2.45, 2.75) is 58.0 Å². The standard InChI is InChI=1S/C12H24OS/c1-2-3-4-5-12(13)10-11-6-8-14-9-7-11/h11-13H,2-10H2,1H3. The third-order valence-corrected chi connectivity index (χ3v) is 4.14. The minimum Gasteiger partial charge on any atom is -0.393 e. The molecule has 1 fully saturated rings. The zero-order valence-electron chi connectivity index (χ0n) is 9.37. The second-order valence-corrected chi connectivity index (χ2v) is 5.67. The number of rotatable bonds is 6. The van der Waals surface area contributed by atoms with Crippen LogP contribution in [0.5, 0.6) is 0 Å². The fraction of sp³-hybridized carbons (Fsp3) is 1.00. The Balaban J connectivity index is 2.03. The molecule has 14 heavy (non-hydrogen) atoms. The van der Waals surface area contributed by atoms with Crippen molar-refractivity contribution in [1.82, 2.24) is 0 Å². The zero-order chi connectivity index (χ0) is 10.2. The molecule has 1 unspecified atom stereocenters. The highest BCUT2D eigenvalue weighted by Gasteiger charge is 2.17. The molecule has 1 N–H and O–H groups in total. The van der Waals surface area contributed by atoms with Crippen LogP contribution in [0.1, 0.15) is 51.9 Å². The van der Waals surface area contributed by atoms with Gasteiger partial charge in [0.1, 0.15) is 0 Å². The summed E-state index contributed by atoms with van der Waals surface area (Å²) in [5.74, 6) is 3.44. The lowest BCUT2D eigenvalue weighted by Crippen LogP contribution is -2.17. The molecule has 1 saturated heterocycles. The minimum atomic E-state index is -0.0188. The summed E-state index contributed by atoms with van der Waals surface area (Å²) in [4.78, 5) is 0. The van der Waals surface area contributed by atoms with E-state index in [0.717, 1.165) is 18.8 Å². The fourth-order valence-corrected chi connectivity index (χ4v) is 3.32. The van der Waals surface area contributed by atoms with Crippen molar-refractivity contribution in [1.29, 1.82) is 0 Å². The Hall–Kier alpha value is 0.310. The maximum atomic E-state index is 9.82. The zero-order valence-corrected chi connectivity index (χ0v) is 10.2. The van der Waals surface area contributed by atoms with E-state index >= 15 is 0 Å². The second kappa shape index (κ2) is 7.58. The van der Waals surface area contributed by atoms with Gasteiger partial charge in [0.15, 0.2) is 0 Å². The van der Waals surface area contributed by atoms with E-state index in [4.69, 9.17) is 0 Å². The number of thioether (sulfide) groups is 1. The third kappa shape index (κ3) is 5.26. The van der Waals surface area contributed by atoms with E-state index < -0.39 is 0 Å². The lowest BCUT2D eigenvalue weighted by molar-refractivity contribution is 0.127. The van der Waals surface area contributed by atoms with Gasteiger partial charge in [-0.15, -0.1) is 0 Å². The van der Waals surface area contributed by atoms with Crippen molar-refractivity contribution in [2.75, 3.05) is 11.5 Å². The Kier molecular flexibility index (Phi) is 6.70. The van der Waals surface area contributed by atoms with Gasteiger partial charge in [-0.2, -0.15) is 11.8 Å². The predicted molar refractivity (Wildman–Crippen MR) is 64.8 cm³/mol. The van der Waals surface area contributed by atoms with Crippen molar-refractivity contribution in [3.05, 3.63) is 0 Å². The summed E-state index contributed by atoms with van der Waals surface area (Å²) in [7, 11) is 0. The normalized spacial score (nSPS) is 21.0. The molecule has 0 saturated carbocycles. The van der Waals surface area contributed by atoms with Gasteiger partial charge < -0.3 is 5.11 Å². The number of unbranched alkanes of at least 4 members (excludes halogenated alkanes) is 2. The smallest absolute Gasteiger partial charge is 0.0542 e. The molecule has 1 nitrogen and oxygen atoms in total. The van der Waals surface area contributed by atoms with Crippen LogP contribution in [0.4, 0.5) is 0 Å². The Bertz CT molecular complexity index is 132. The van der Waals surface area contributed by atoms with E-state index in [1.807, 2.05) is 0 Å². The topological polar surface area (TPSA) is 20.2 Å². The first-order valence-electron chi connectivity index (χ1n) is 6.08. The summed E-state index contributed by atoms with van der Waals surface area (Å²) in [6.45, 7) is 2.21. The molecule has 0 aromatic rings. The average Bonchev–Trinajstić information content (AvgIpc) is 2.20. The van der Waals surface area contributed by atoms with Gasteiger partial charge in [0.2, 0.25) is 0 Å². The van der Waals surface area contributed by atoms with Gasteiger partial charge in [0, 0.05) is 0 Å². The van der Waals surface area contributed by atoms with Crippen LogP contribution in [0.25, 0.3) is 0 Å². The van der Waals surface area contributed by atoms with Gasteiger partial charge in [0.05, 0.1) is 6.10 Å². The van der Waals surface area contributed by atoms with Gasteiger partial charge >= 0.3 is 0 Å². The molecule has 0 aromatic heterocycles. The monoisotopic (exact) mass is 216 g/mol. The first kappa shape index (κ1) is 12.4. The molecule has 1 heterocycles. The van der Waals surface area contributed by atoms with Crippen LogP contribution in [-0.4, -0.2) is 22.7 Å². The van der Waals surface area contributed by atoms with Crippen molar-refractivity contribution in [2.24, 2.45) is 5.92 Å². The Labute approximate surface area is 92.7 Å². The highest BCUT2D eigenvalue weighted by molar-refractivity contribution is 7.99. The number of hydrogen-bond acceptors (Lipinski definition) is 2. The van der Waals surface area contributed by atoms with E-state index in [2.05, 4.69) is 18.7 Å². The van der Waals surface area contributed by atoms with Crippen molar-refractivity contribution in [3.8, 4) is 0 Å². The highest BCUT2D eigenvalue weighted by Crippen LogP contribution is 2.27. The minimum absolute atomic E-state index is 0.0188. The summed E-state index contributed by atoms with van der Waals surface area (Å²) in [5.41, 5.74) is 0. The van der Waals surface area contributed by atoms with Crippen LogP contribution < -0.4 is 0 Å². The largest absolute Gasteiger partial charge is 0.393 e. The van der Waals surface area contributed by atoms with E-state index in [9.17, 15) is 5.11 Å². The van der Waals surface area contributed by atoms with Crippen LogP contribution in [0, 0.1) is 5.92 Å². The van der Waals surface area contributed by atoms with Crippen LogP contribution in [-0.2, 0) is 0 Å². The van der Waals surface area contributed by atoms with E-state index in [0.29, 0.717) is 0 Å². The summed E-state index contributed by atoms with van der Waals surface area (Å²) >= 11 is 2.07. The molecule has 1 aliphatic rings. The van der Waals surface area contributed by atoms with Crippen LogP contribution in [0.2, 0.25) is 0 Å². The van der Waals surface area contributed by atoms with E-state index in [1.165, 1.54) is 43.6 Å². The summed E-state index contributed by atoms with van der Waals surface area (Å²) < 4.78 is 0. The van der Waals surface area contributed by atoms with Gasteiger partial charge in [-0.1, -0.05) is 26.2 Å². The summed E-state index contributed by atoms with van der Waals surface area (Å²) in [5, 5.41) is 9.82. The average molecular weight is 216 g/mol. The Morgan fingerprint density at radius 3 is 2.64 bits per heavy atom. The molecular weight excluding hydrogens is 192 g/mol. The molecule has 1 aliphatic heterocycles. The maximum absolute atomic E-state index is 9.82. The lowest BCUT2D eigenvalue weighted by atomic mass is 9.93. The number of hydrogen-bond donors (Lipinski definition) is 1. The van der Waals surface area contributed by atoms with Gasteiger partial charge in [-0.25, -0.2) is 0 Å². The highest BCUT2D eigenvalue weighted by atomic mass is 32.2. The third-order valence-electron chi connectivity index (χ3n) is 3.09. The predicted octanol–water partition coefficient (Wildman–Crippen LogP) is 3.46. The molecular formula is C12H24OS. The molecule has 0 aliphatic carbocycles. The van der Waals surface area contributed by atoms with E-state index in [1.54, 1.807) is 0 Å². The maximum Gasteiger partial charge on any atom is 0.0542 e. The molecule has 1 rings (SSSR count). The summed E-state index contributed by atoms with van der Waals surface area (Å²) in [6, 6.07) is 0. The Morgan fingerprint density at radius 2 is 2.00 bits per heavy atom. The van der Waals surface area contributed by atoms with Crippen molar-refractivity contribution >= 4 is 11.8 Å². The number of aliphatic hydroxyl groups excluding tert-OH is 1. The molecule has 0 radical (unpaired) electrons.